The molecule has 8 nitrogen and oxygen atoms in total. The summed E-state index contributed by atoms with van der Waals surface area (Å²) in [6.07, 6.45) is 3.83. The molecule has 3 N–H and O–H groups in total. The number of aromatic hydroxyl groups is 1. The number of nitrogens with one attached hydrogen (secondary N) is 2. The molecule has 0 saturated heterocycles. The van der Waals surface area contributed by atoms with E-state index in [4.69, 9.17) is 0 Å². The average Bonchev–Trinajstić information content (AvgIpc) is 3.82. The second-order valence-electron chi connectivity index (χ2n) is 9.21. The van der Waals surface area contributed by atoms with Crippen molar-refractivity contribution >= 4 is 45.6 Å². The first-order valence-corrected chi connectivity index (χ1v) is 15.7. The minimum Gasteiger partial charge on any atom is -0.507 e. The van der Waals surface area contributed by atoms with Gasteiger partial charge in [0, 0.05) is 23.9 Å². The van der Waals surface area contributed by atoms with Crippen LogP contribution in [0.1, 0.15) is 63.4 Å². The van der Waals surface area contributed by atoms with Crippen LogP contribution in [0.2, 0.25) is 0 Å². The summed E-state index contributed by atoms with van der Waals surface area (Å²) < 4.78 is 18.5. The molecular formula is C31H41FN2O6S2. The molecule has 0 aliphatic heterocycles. The molecule has 42 heavy (non-hydrogen) atoms. The van der Waals surface area contributed by atoms with E-state index in [1.807, 2.05) is 27.7 Å². The number of allylic oxidation sites excluding steroid dienone is 2. The van der Waals surface area contributed by atoms with Crippen molar-refractivity contribution in [3.05, 3.63) is 64.6 Å². The number of benzene rings is 2. The van der Waals surface area contributed by atoms with E-state index in [0.717, 1.165) is 47.6 Å². The van der Waals surface area contributed by atoms with Crippen molar-refractivity contribution in [1.82, 2.24) is 10.6 Å². The van der Waals surface area contributed by atoms with Gasteiger partial charge in [-0.2, -0.15) is 0 Å². The first-order chi connectivity index (χ1) is 19.9. The van der Waals surface area contributed by atoms with Crippen LogP contribution < -0.4 is 10.6 Å². The van der Waals surface area contributed by atoms with E-state index in [-0.39, 0.29) is 45.1 Å². The molecule has 230 valence electrons. The zero-order valence-corrected chi connectivity index (χ0v) is 27.1. The van der Waals surface area contributed by atoms with E-state index in [1.165, 1.54) is 37.8 Å². The fourth-order valence-electron chi connectivity index (χ4n) is 3.60. The summed E-state index contributed by atoms with van der Waals surface area (Å²) in [5.74, 6) is -1.16. The first kappa shape index (κ1) is 36.7. The number of carbonyl (C=O) groups is 4. The number of esters is 1. The summed E-state index contributed by atoms with van der Waals surface area (Å²) in [6.45, 7) is 10.9. The third-order valence-electron chi connectivity index (χ3n) is 5.91. The number of thioether (sulfide) groups is 2. The summed E-state index contributed by atoms with van der Waals surface area (Å²) in [6, 6.07) is 8.31. The number of phenols is 1. The summed E-state index contributed by atoms with van der Waals surface area (Å²) in [4.78, 5) is 46.3. The number of ether oxygens (including phenoxy) is 1. The molecule has 2 unspecified atom stereocenters. The van der Waals surface area contributed by atoms with Crippen LogP contribution in [0.5, 0.6) is 5.75 Å². The van der Waals surface area contributed by atoms with Gasteiger partial charge in [0.15, 0.2) is 0 Å². The van der Waals surface area contributed by atoms with Crippen LogP contribution in [0.25, 0.3) is 11.1 Å². The predicted molar refractivity (Wildman–Crippen MR) is 169 cm³/mol. The molecule has 0 bridgehead atoms. The van der Waals surface area contributed by atoms with E-state index >= 15 is 0 Å². The normalized spacial score (nSPS) is 12.7. The second-order valence-corrected chi connectivity index (χ2v) is 11.0. The summed E-state index contributed by atoms with van der Waals surface area (Å²) >= 11 is 2.02. The highest BCUT2D eigenvalue weighted by Crippen LogP contribution is 2.31. The lowest BCUT2D eigenvalue weighted by Gasteiger charge is -2.17. The van der Waals surface area contributed by atoms with Crippen molar-refractivity contribution in [2.45, 2.75) is 66.5 Å². The van der Waals surface area contributed by atoms with Crippen LogP contribution >= 0.6 is 23.5 Å². The molecule has 1 fully saturated rings. The molecule has 11 heteroatoms. The monoisotopic (exact) mass is 620 g/mol. The van der Waals surface area contributed by atoms with Gasteiger partial charge in [0.1, 0.15) is 17.6 Å². The third kappa shape index (κ3) is 11.9. The van der Waals surface area contributed by atoms with Gasteiger partial charge in [-0.25, -0.2) is 9.18 Å². The number of hydrogen-bond acceptors (Lipinski definition) is 9. The number of hydrogen-bond donors (Lipinski definition) is 3. The van der Waals surface area contributed by atoms with Gasteiger partial charge >= 0.3 is 5.97 Å². The highest BCUT2D eigenvalue weighted by atomic mass is 32.2. The average molecular weight is 621 g/mol. The molecule has 0 aromatic heterocycles. The van der Waals surface area contributed by atoms with Gasteiger partial charge < -0.3 is 20.5 Å². The smallest absolute Gasteiger partial charge is 0.329 e. The Kier molecular flexibility index (Phi) is 16.0. The quantitative estimate of drug-likeness (QED) is 0.290. The van der Waals surface area contributed by atoms with Crippen LogP contribution in [0.4, 0.5) is 4.39 Å². The topological polar surface area (TPSA) is 122 Å². The van der Waals surface area contributed by atoms with Crippen molar-refractivity contribution in [1.29, 1.82) is 0 Å². The Labute approximate surface area is 256 Å². The fourth-order valence-corrected chi connectivity index (χ4v) is 4.84. The van der Waals surface area contributed by atoms with Crippen LogP contribution in [-0.2, 0) is 19.1 Å². The lowest BCUT2D eigenvalue weighted by atomic mass is 10.0. The van der Waals surface area contributed by atoms with Crippen molar-refractivity contribution < 1.29 is 33.4 Å². The number of methoxy groups -OCH3 is 1. The number of amides is 1. The molecule has 1 amide bonds. The Morgan fingerprint density at radius 3 is 2.21 bits per heavy atom. The predicted octanol–water partition coefficient (Wildman–Crippen LogP) is 6.01. The van der Waals surface area contributed by atoms with Gasteiger partial charge in [-0.05, 0) is 69.2 Å². The maximum atomic E-state index is 13.9. The number of carbonyl (C=O) groups excluding carboxylic acids is 4. The molecule has 2 atom stereocenters. The number of phenolic OH excluding ortho intramolecular Hbond substituents is 1. The van der Waals surface area contributed by atoms with Crippen LogP contribution in [-0.4, -0.2) is 58.4 Å². The SMILES string of the molecule is CC.COC(=O)C(CSC(=O)C(C)NC(C)=C1CC1)NC(C)=O.CSC(=O)c1cc(-c2ccc(C)cc2F)ccc1O. The summed E-state index contributed by atoms with van der Waals surface area (Å²) in [7, 11) is 1.25. The molecule has 0 spiro atoms. The Bertz CT molecular complexity index is 1290. The van der Waals surface area contributed by atoms with Gasteiger partial charge in [-0.3, -0.25) is 14.4 Å². The van der Waals surface area contributed by atoms with E-state index < -0.39 is 12.0 Å². The van der Waals surface area contributed by atoms with Gasteiger partial charge in [-0.1, -0.05) is 61.1 Å². The highest BCUT2D eigenvalue weighted by molar-refractivity contribution is 8.14. The Morgan fingerprint density at radius 2 is 1.69 bits per heavy atom. The first-order valence-electron chi connectivity index (χ1n) is 13.5. The molecule has 0 heterocycles. The number of aryl methyl sites for hydroxylation is 1. The molecule has 2 aromatic carbocycles. The minimum absolute atomic E-state index is 0.0742. The highest BCUT2D eigenvalue weighted by Gasteiger charge is 2.24. The van der Waals surface area contributed by atoms with Gasteiger partial charge in [0.05, 0.1) is 18.7 Å². The Hall–Kier alpha value is -3.31. The molecule has 1 aliphatic carbocycles. The molecule has 1 aliphatic rings. The van der Waals surface area contributed by atoms with E-state index in [1.54, 1.807) is 31.4 Å². The van der Waals surface area contributed by atoms with Gasteiger partial charge in [0.25, 0.3) is 0 Å². The molecular weight excluding hydrogens is 579 g/mol. The van der Waals surface area contributed by atoms with E-state index in [0.29, 0.717) is 11.1 Å². The van der Waals surface area contributed by atoms with Crippen molar-refractivity contribution in [3.63, 3.8) is 0 Å². The maximum Gasteiger partial charge on any atom is 0.329 e. The molecule has 3 rings (SSSR count). The van der Waals surface area contributed by atoms with Gasteiger partial charge in [0.2, 0.25) is 16.1 Å². The number of halogens is 1. The maximum absolute atomic E-state index is 13.9. The Morgan fingerprint density at radius 1 is 1.05 bits per heavy atom. The molecule has 2 aromatic rings. The van der Waals surface area contributed by atoms with E-state index in [2.05, 4.69) is 15.4 Å². The second kappa shape index (κ2) is 18.3. The zero-order valence-electron chi connectivity index (χ0n) is 25.4. The largest absolute Gasteiger partial charge is 0.507 e. The summed E-state index contributed by atoms with van der Waals surface area (Å²) in [5, 5.41) is 15.0. The Balaban J connectivity index is 0.000000398. The standard InChI is InChI=1S/C15H13FO2S.C14H22N2O4S.C2H6/c1-9-3-5-11(13(16)7-9)10-4-6-14(17)12(8-10)15(18)19-2;1-8(11-5-6-11)15-9(2)14(19)21-7-12(13(18)20-4)16-10(3)17;1-2/h3-8,17H,1-2H3;9,12,15H,5-7H2,1-4H3,(H,16,17);1-2H3. The molecule has 1 saturated carbocycles. The zero-order chi connectivity index (χ0) is 32.0. The number of rotatable bonds is 9. The van der Waals surface area contributed by atoms with Crippen molar-refractivity contribution in [2.75, 3.05) is 19.1 Å². The van der Waals surface area contributed by atoms with Crippen molar-refractivity contribution in [2.24, 2.45) is 0 Å². The fraction of sp³-hybridized carbons (Fsp3) is 0.419. The van der Waals surface area contributed by atoms with Crippen LogP contribution in [0, 0.1) is 12.7 Å². The van der Waals surface area contributed by atoms with Crippen LogP contribution in [0.15, 0.2) is 47.7 Å². The minimum atomic E-state index is -0.809. The lowest BCUT2D eigenvalue weighted by molar-refractivity contribution is -0.144. The third-order valence-corrected chi connectivity index (χ3v) is 7.64. The lowest BCUT2D eigenvalue weighted by Crippen LogP contribution is -2.43. The van der Waals surface area contributed by atoms with Crippen molar-refractivity contribution in [3.8, 4) is 16.9 Å². The van der Waals surface area contributed by atoms with Gasteiger partial charge in [-0.15, -0.1) is 0 Å². The summed E-state index contributed by atoms with van der Waals surface area (Å²) in [5.41, 5.74) is 4.44. The molecule has 0 radical (unpaired) electrons. The van der Waals surface area contributed by atoms with Crippen LogP contribution in [0.3, 0.4) is 0 Å². The van der Waals surface area contributed by atoms with E-state index in [9.17, 15) is 28.7 Å².